The average molecular weight is 289 g/mol. The van der Waals surface area contributed by atoms with Gasteiger partial charge in [-0.3, -0.25) is 0 Å². The van der Waals surface area contributed by atoms with Gasteiger partial charge in [-0.1, -0.05) is 19.1 Å². The molecule has 0 saturated heterocycles. The van der Waals surface area contributed by atoms with Gasteiger partial charge in [-0.25, -0.2) is 0 Å². The molecule has 1 unspecified atom stereocenters. The number of thiophene rings is 1. The minimum atomic E-state index is 0.269. The van der Waals surface area contributed by atoms with E-state index in [1.165, 1.54) is 21.6 Å². The van der Waals surface area contributed by atoms with Crippen molar-refractivity contribution >= 4 is 11.3 Å². The first-order valence-electron chi connectivity index (χ1n) is 7.09. The normalized spacial score (nSPS) is 12.4. The fraction of sp³-hybridized carbons (Fsp3) is 0.412. The number of aryl methyl sites for hydroxylation is 2. The fourth-order valence-corrected chi connectivity index (χ4v) is 3.21. The van der Waals surface area contributed by atoms with E-state index < -0.39 is 0 Å². The zero-order chi connectivity index (χ0) is 14.5. The van der Waals surface area contributed by atoms with Crippen molar-refractivity contribution in [2.75, 3.05) is 13.7 Å². The van der Waals surface area contributed by atoms with Crippen molar-refractivity contribution in [2.24, 2.45) is 0 Å². The topological polar surface area (TPSA) is 21.3 Å². The van der Waals surface area contributed by atoms with E-state index in [-0.39, 0.29) is 6.04 Å². The maximum absolute atomic E-state index is 5.36. The molecule has 0 radical (unpaired) electrons. The molecule has 2 rings (SSSR count). The van der Waals surface area contributed by atoms with Crippen molar-refractivity contribution < 1.29 is 4.74 Å². The van der Waals surface area contributed by atoms with Crippen LogP contribution in [0.5, 0.6) is 5.75 Å². The van der Waals surface area contributed by atoms with Crippen molar-refractivity contribution in [1.29, 1.82) is 0 Å². The fourth-order valence-electron chi connectivity index (χ4n) is 2.47. The van der Waals surface area contributed by atoms with Gasteiger partial charge in [0.05, 0.1) is 13.2 Å². The highest BCUT2D eigenvalue weighted by Gasteiger charge is 2.17. The van der Waals surface area contributed by atoms with E-state index in [1.807, 2.05) is 11.3 Å². The Morgan fingerprint density at radius 3 is 2.60 bits per heavy atom. The lowest BCUT2D eigenvalue weighted by molar-refractivity contribution is 0.411. The van der Waals surface area contributed by atoms with E-state index in [1.54, 1.807) is 7.11 Å². The van der Waals surface area contributed by atoms with Crippen molar-refractivity contribution in [1.82, 2.24) is 5.32 Å². The van der Waals surface area contributed by atoms with Gasteiger partial charge in [0.25, 0.3) is 0 Å². The Bertz CT molecular complexity index is 562. The van der Waals surface area contributed by atoms with Crippen LogP contribution in [-0.4, -0.2) is 13.7 Å². The number of nitrogens with one attached hydrogen (secondary N) is 1. The van der Waals surface area contributed by atoms with E-state index in [9.17, 15) is 0 Å². The highest BCUT2D eigenvalue weighted by molar-refractivity contribution is 7.10. The molecule has 0 saturated carbocycles. The summed E-state index contributed by atoms with van der Waals surface area (Å²) in [6, 6.07) is 8.95. The molecular formula is C17H23NOS. The van der Waals surface area contributed by atoms with E-state index in [2.05, 4.69) is 55.7 Å². The summed E-state index contributed by atoms with van der Waals surface area (Å²) in [5.74, 6) is 0.949. The molecule has 1 heterocycles. The van der Waals surface area contributed by atoms with Gasteiger partial charge in [0.15, 0.2) is 0 Å². The molecule has 3 heteroatoms. The van der Waals surface area contributed by atoms with E-state index in [0.29, 0.717) is 0 Å². The Kier molecular flexibility index (Phi) is 5.21. The van der Waals surface area contributed by atoms with E-state index >= 15 is 0 Å². The largest absolute Gasteiger partial charge is 0.496 e. The molecule has 0 amide bonds. The van der Waals surface area contributed by atoms with Gasteiger partial charge < -0.3 is 10.1 Å². The number of hydrogen-bond acceptors (Lipinski definition) is 3. The first-order valence-corrected chi connectivity index (χ1v) is 7.97. The summed E-state index contributed by atoms with van der Waals surface area (Å²) < 4.78 is 5.36. The molecule has 1 aromatic carbocycles. The summed E-state index contributed by atoms with van der Waals surface area (Å²) in [6.07, 6.45) is 1.13. The molecule has 0 aliphatic rings. The maximum atomic E-state index is 5.36. The Labute approximate surface area is 125 Å². The van der Waals surface area contributed by atoms with Gasteiger partial charge in [-0.15, -0.1) is 11.3 Å². The molecule has 20 heavy (non-hydrogen) atoms. The Balaban J connectivity index is 2.36. The van der Waals surface area contributed by atoms with Crippen LogP contribution in [0.2, 0.25) is 0 Å². The third-order valence-corrected chi connectivity index (χ3v) is 4.42. The second-order valence-electron chi connectivity index (χ2n) is 5.05. The van der Waals surface area contributed by atoms with Gasteiger partial charge in [0.1, 0.15) is 5.75 Å². The lowest BCUT2D eigenvalue weighted by Gasteiger charge is -2.20. The molecular weight excluding hydrogens is 266 g/mol. The van der Waals surface area contributed by atoms with Crippen molar-refractivity contribution in [2.45, 2.75) is 33.2 Å². The number of benzene rings is 1. The number of ether oxygens (including phenoxy) is 1. The molecule has 0 fully saturated rings. The van der Waals surface area contributed by atoms with Gasteiger partial charge in [-0.05, 0) is 61.0 Å². The third-order valence-electron chi connectivity index (χ3n) is 3.56. The Morgan fingerprint density at radius 1 is 1.25 bits per heavy atom. The minimum Gasteiger partial charge on any atom is -0.496 e. The average Bonchev–Trinajstić information content (AvgIpc) is 2.86. The molecule has 108 valence electrons. The highest BCUT2D eigenvalue weighted by atomic mass is 32.1. The molecule has 2 aromatic rings. The SMILES string of the molecule is CCCNC(c1ccc(OC)c(C)c1)c1ccsc1C. The lowest BCUT2D eigenvalue weighted by Crippen LogP contribution is -2.23. The first-order chi connectivity index (χ1) is 9.67. The molecule has 1 aromatic heterocycles. The van der Waals surface area contributed by atoms with Crippen LogP contribution in [0.1, 0.15) is 41.0 Å². The quantitative estimate of drug-likeness (QED) is 0.847. The van der Waals surface area contributed by atoms with E-state index in [4.69, 9.17) is 4.74 Å². The first kappa shape index (κ1) is 15.1. The summed E-state index contributed by atoms with van der Waals surface area (Å²) >= 11 is 1.81. The minimum absolute atomic E-state index is 0.269. The summed E-state index contributed by atoms with van der Waals surface area (Å²) in [6.45, 7) is 7.51. The molecule has 0 aliphatic carbocycles. The van der Waals surface area contributed by atoms with E-state index in [0.717, 1.165) is 18.7 Å². The summed E-state index contributed by atoms with van der Waals surface area (Å²) in [7, 11) is 1.72. The summed E-state index contributed by atoms with van der Waals surface area (Å²) in [5.41, 5.74) is 3.87. The van der Waals surface area contributed by atoms with Crippen LogP contribution < -0.4 is 10.1 Å². The highest BCUT2D eigenvalue weighted by Crippen LogP contribution is 2.30. The molecule has 1 atom stereocenters. The molecule has 1 N–H and O–H groups in total. The predicted molar refractivity (Wildman–Crippen MR) is 86.9 cm³/mol. The zero-order valence-corrected chi connectivity index (χ0v) is 13.5. The number of methoxy groups -OCH3 is 1. The summed E-state index contributed by atoms with van der Waals surface area (Å²) in [4.78, 5) is 1.38. The molecule has 2 nitrogen and oxygen atoms in total. The van der Waals surface area contributed by atoms with Crippen molar-refractivity contribution in [3.05, 3.63) is 51.2 Å². The van der Waals surface area contributed by atoms with Crippen molar-refractivity contribution in [3.63, 3.8) is 0 Å². The second kappa shape index (κ2) is 6.91. The van der Waals surface area contributed by atoms with Crippen LogP contribution >= 0.6 is 11.3 Å². The standard InChI is InChI=1S/C17H23NOS/c1-5-9-18-17(15-8-10-20-13(15)3)14-6-7-16(19-4)12(2)11-14/h6-8,10-11,17-18H,5,9H2,1-4H3. The third kappa shape index (κ3) is 3.22. The summed E-state index contributed by atoms with van der Waals surface area (Å²) in [5, 5.41) is 5.83. The Hall–Kier alpha value is -1.32. The smallest absolute Gasteiger partial charge is 0.121 e. The van der Waals surface area contributed by atoms with Gasteiger partial charge in [-0.2, -0.15) is 0 Å². The van der Waals surface area contributed by atoms with Crippen LogP contribution in [0.3, 0.4) is 0 Å². The van der Waals surface area contributed by atoms with Gasteiger partial charge in [0.2, 0.25) is 0 Å². The van der Waals surface area contributed by atoms with Crippen LogP contribution in [-0.2, 0) is 0 Å². The second-order valence-corrected chi connectivity index (χ2v) is 6.17. The maximum Gasteiger partial charge on any atom is 0.121 e. The van der Waals surface area contributed by atoms with Crippen LogP contribution in [0.15, 0.2) is 29.6 Å². The van der Waals surface area contributed by atoms with Gasteiger partial charge >= 0.3 is 0 Å². The molecule has 0 bridgehead atoms. The zero-order valence-electron chi connectivity index (χ0n) is 12.7. The van der Waals surface area contributed by atoms with Crippen molar-refractivity contribution in [3.8, 4) is 5.75 Å². The van der Waals surface area contributed by atoms with Crippen LogP contribution in [0, 0.1) is 13.8 Å². The molecule has 0 spiro atoms. The molecule has 0 aliphatic heterocycles. The number of hydrogen-bond donors (Lipinski definition) is 1. The monoisotopic (exact) mass is 289 g/mol. The predicted octanol–water partition coefficient (Wildman–Crippen LogP) is 4.46. The van der Waals surface area contributed by atoms with Gasteiger partial charge in [0, 0.05) is 4.88 Å². The van der Waals surface area contributed by atoms with Crippen LogP contribution in [0.25, 0.3) is 0 Å². The number of rotatable bonds is 6. The Morgan fingerprint density at radius 2 is 2.05 bits per heavy atom. The van der Waals surface area contributed by atoms with Crippen LogP contribution in [0.4, 0.5) is 0 Å². The lowest BCUT2D eigenvalue weighted by atomic mass is 9.97.